The molecular formula is C22H22N2O9. The molecule has 2 unspecified atom stereocenters. The second kappa shape index (κ2) is 8.49. The van der Waals surface area contributed by atoms with E-state index >= 15 is 0 Å². The molecule has 2 atom stereocenters. The molecule has 3 rings (SSSR count). The summed E-state index contributed by atoms with van der Waals surface area (Å²) in [5.41, 5.74) is -1.70. The van der Waals surface area contributed by atoms with Gasteiger partial charge in [0, 0.05) is 36.1 Å². The van der Waals surface area contributed by atoms with Crippen LogP contribution in [0.15, 0.2) is 48.5 Å². The molecule has 33 heavy (non-hydrogen) atoms. The topological polar surface area (TPSA) is 148 Å². The summed E-state index contributed by atoms with van der Waals surface area (Å²) in [7, 11) is 0. The quantitative estimate of drug-likeness (QED) is 0.260. The smallest absolute Gasteiger partial charge is 0.427 e. The monoisotopic (exact) mass is 458 g/mol. The standard InChI is InChI=1S/C22H22N2O9/c1-21(2)17(13-5-9-15(10-6-13)23(27)28)18(14-7-11-16(12-8-14)24(29)30)22(3,4)33-20(26)31-19(25)32-21/h5-12,17-18H,1-4H3. The van der Waals surface area contributed by atoms with Crippen LogP contribution in [0.3, 0.4) is 0 Å². The van der Waals surface area contributed by atoms with Gasteiger partial charge in [-0.3, -0.25) is 20.2 Å². The Hall–Kier alpha value is -4.02. The fraction of sp³-hybridized carbons (Fsp3) is 0.364. The molecule has 2 aromatic carbocycles. The third-order valence-electron chi connectivity index (χ3n) is 5.62. The lowest BCUT2D eigenvalue weighted by Gasteiger charge is -2.44. The van der Waals surface area contributed by atoms with Crippen molar-refractivity contribution in [2.75, 3.05) is 0 Å². The van der Waals surface area contributed by atoms with E-state index in [-0.39, 0.29) is 11.4 Å². The molecule has 1 saturated heterocycles. The molecule has 2 aromatic rings. The van der Waals surface area contributed by atoms with Crippen molar-refractivity contribution < 1.29 is 33.6 Å². The van der Waals surface area contributed by atoms with Gasteiger partial charge < -0.3 is 14.2 Å². The van der Waals surface area contributed by atoms with Crippen molar-refractivity contribution in [2.45, 2.75) is 50.7 Å². The molecule has 0 aliphatic carbocycles. The summed E-state index contributed by atoms with van der Waals surface area (Å²) in [6.07, 6.45) is -2.51. The molecule has 0 N–H and O–H groups in total. The molecule has 1 heterocycles. The Labute approximate surface area is 188 Å². The van der Waals surface area contributed by atoms with Gasteiger partial charge in [-0.2, -0.15) is 0 Å². The van der Waals surface area contributed by atoms with E-state index in [1.807, 2.05) is 0 Å². The third-order valence-corrected chi connectivity index (χ3v) is 5.62. The van der Waals surface area contributed by atoms with Crippen LogP contribution in [0.5, 0.6) is 0 Å². The van der Waals surface area contributed by atoms with Gasteiger partial charge in [0.2, 0.25) is 0 Å². The van der Waals surface area contributed by atoms with E-state index in [1.165, 1.54) is 48.5 Å². The van der Waals surface area contributed by atoms with Crippen LogP contribution >= 0.6 is 0 Å². The normalized spacial score (nSPS) is 21.9. The Kier molecular flexibility index (Phi) is 6.08. The van der Waals surface area contributed by atoms with Crippen molar-refractivity contribution in [3.63, 3.8) is 0 Å². The largest absolute Gasteiger partial charge is 0.519 e. The number of non-ortho nitro benzene ring substituents is 2. The summed E-state index contributed by atoms with van der Waals surface area (Å²) in [5.74, 6) is -1.40. The molecule has 0 bridgehead atoms. The van der Waals surface area contributed by atoms with Crippen LogP contribution in [0.1, 0.15) is 50.7 Å². The number of hydrogen-bond acceptors (Lipinski definition) is 9. The minimum Gasteiger partial charge on any atom is -0.427 e. The average molecular weight is 458 g/mol. The van der Waals surface area contributed by atoms with Gasteiger partial charge in [0.1, 0.15) is 11.2 Å². The molecule has 174 valence electrons. The van der Waals surface area contributed by atoms with Crippen LogP contribution in [-0.4, -0.2) is 33.4 Å². The third kappa shape index (κ3) is 4.92. The molecule has 1 aliphatic heterocycles. The summed E-state index contributed by atoms with van der Waals surface area (Å²) in [6, 6.07) is 11.4. The lowest BCUT2D eigenvalue weighted by atomic mass is 9.66. The number of nitrogens with zero attached hydrogens (tertiary/aromatic N) is 2. The number of benzene rings is 2. The summed E-state index contributed by atoms with van der Waals surface area (Å²) in [5, 5.41) is 22.2. The van der Waals surface area contributed by atoms with Crippen LogP contribution < -0.4 is 0 Å². The van der Waals surface area contributed by atoms with Crippen molar-refractivity contribution >= 4 is 23.7 Å². The summed E-state index contributed by atoms with van der Waals surface area (Å²) >= 11 is 0. The van der Waals surface area contributed by atoms with E-state index in [0.717, 1.165) is 0 Å². The molecule has 0 amide bonds. The predicted octanol–water partition coefficient (Wildman–Crippen LogP) is 5.23. The number of rotatable bonds is 4. The Morgan fingerprint density at radius 1 is 0.667 bits per heavy atom. The van der Waals surface area contributed by atoms with Crippen LogP contribution in [0.2, 0.25) is 0 Å². The Morgan fingerprint density at radius 3 is 1.24 bits per heavy atom. The number of cyclic esters (lactones) is 4. The number of hydrogen-bond donors (Lipinski definition) is 0. The lowest BCUT2D eigenvalue weighted by molar-refractivity contribution is -0.385. The molecule has 0 radical (unpaired) electrons. The zero-order valence-corrected chi connectivity index (χ0v) is 18.3. The maximum Gasteiger partial charge on any atom is 0.519 e. The SMILES string of the molecule is CC1(C)OC(=O)OC(=O)OC(C)(C)C(c2ccc([N+](=O)[O-])cc2)C1c1ccc([N+](=O)[O-])cc1. The van der Waals surface area contributed by atoms with Crippen LogP contribution in [-0.2, 0) is 14.2 Å². The lowest BCUT2D eigenvalue weighted by Crippen LogP contribution is -2.45. The summed E-state index contributed by atoms with van der Waals surface area (Å²) < 4.78 is 15.6. The summed E-state index contributed by atoms with van der Waals surface area (Å²) in [4.78, 5) is 45.6. The minimum atomic E-state index is -1.29. The van der Waals surface area contributed by atoms with Gasteiger partial charge in [0.15, 0.2) is 0 Å². The Balaban J connectivity index is 2.25. The van der Waals surface area contributed by atoms with E-state index in [9.17, 15) is 29.8 Å². The molecule has 0 saturated carbocycles. The van der Waals surface area contributed by atoms with E-state index < -0.39 is 45.2 Å². The van der Waals surface area contributed by atoms with E-state index in [1.54, 1.807) is 27.7 Å². The zero-order chi connectivity index (χ0) is 24.6. The van der Waals surface area contributed by atoms with E-state index in [0.29, 0.717) is 11.1 Å². The van der Waals surface area contributed by atoms with E-state index in [2.05, 4.69) is 4.74 Å². The highest BCUT2D eigenvalue weighted by atomic mass is 16.8. The number of nitro groups is 2. The molecule has 0 aromatic heterocycles. The molecule has 11 heteroatoms. The Bertz CT molecular complexity index is 1000. The number of ether oxygens (including phenoxy) is 3. The van der Waals surface area contributed by atoms with Crippen molar-refractivity contribution in [2.24, 2.45) is 0 Å². The van der Waals surface area contributed by atoms with Gasteiger partial charge in [-0.25, -0.2) is 9.59 Å². The molecule has 11 nitrogen and oxygen atoms in total. The van der Waals surface area contributed by atoms with Gasteiger partial charge in [-0.15, -0.1) is 0 Å². The second-order valence-electron chi connectivity index (χ2n) is 8.67. The first kappa shape index (κ1) is 23.6. The van der Waals surface area contributed by atoms with Gasteiger partial charge in [-0.05, 0) is 38.8 Å². The van der Waals surface area contributed by atoms with Crippen LogP contribution in [0.25, 0.3) is 0 Å². The molecule has 0 spiro atoms. The summed E-state index contributed by atoms with van der Waals surface area (Å²) in [6.45, 7) is 6.46. The minimum absolute atomic E-state index is 0.127. The highest BCUT2D eigenvalue weighted by Crippen LogP contribution is 2.50. The Morgan fingerprint density at radius 2 is 0.970 bits per heavy atom. The first-order valence-corrected chi connectivity index (χ1v) is 9.94. The van der Waals surface area contributed by atoms with Gasteiger partial charge in [0.05, 0.1) is 9.85 Å². The highest BCUT2D eigenvalue weighted by Gasteiger charge is 2.50. The van der Waals surface area contributed by atoms with Gasteiger partial charge in [-0.1, -0.05) is 24.3 Å². The fourth-order valence-corrected chi connectivity index (χ4v) is 4.26. The zero-order valence-electron chi connectivity index (χ0n) is 18.3. The van der Waals surface area contributed by atoms with Crippen LogP contribution in [0, 0.1) is 20.2 Å². The van der Waals surface area contributed by atoms with Crippen LogP contribution in [0.4, 0.5) is 21.0 Å². The molecular weight excluding hydrogens is 436 g/mol. The van der Waals surface area contributed by atoms with Crippen molar-refractivity contribution in [1.29, 1.82) is 0 Å². The fourth-order valence-electron chi connectivity index (χ4n) is 4.26. The number of carbonyl (C=O) groups excluding carboxylic acids is 2. The number of nitro benzene ring substituents is 2. The highest BCUT2D eigenvalue weighted by molar-refractivity contribution is 5.77. The van der Waals surface area contributed by atoms with Gasteiger partial charge in [0.25, 0.3) is 11.4 Å². The van der Waals surface area contributed by atoms with Gasteiger partial charge >= 0.3 is 12.3 Å². The van der Waals surface area contributed by atoms with E-state index in [4.69, 9.17) is 9.47 Å². The first-order chi connectivity index (χ1) is 15.3. The van der Waals surface area contributed by atoms with Crippen molar-refractivity contribution in [3.05, 3.63) is 79.9 Å². The molecule has 1 aliphatic rings. The first-order valence-electron chi connectivity index (χ1n) is 9.94. The average Bonchev–Trinajstić information content (AvgIpc) is 2.72. The maximum absolute atomic E-state index is 12.2. The second-order valence-corrected chi connectivity index (χ2v) is 8.67. The maximum atomic E-state index is 12.2. The predicted molar refractivity (Wildman–Crippen MR) is 114 cm³/mol. The van der Waals surface area contributed by atoms with Crippen molar-refractivity contribution in [3.8, 4) is 0 Å². The number of carbonyl (C=O) groups is 2. The molecule has 1 fully saturated rings. The van der Waals surface area contributed by atoms with Crippen molar-refractivity contribution in [1.82, 2.24) is 0 Å².